The Morgan fingerprint density at radius 1 is 1.35 bits per heavy atom. The lowest BCUT2D eigenvalue weighted by Gasteiger charge is -2.29. The van der Waals surface area contributed by atoms with Gasteiger partial charge in [0.25, 0.3) is 0 Å². The normalized spacial score (nSPS) is 20.0. The van der Waals surface area contributed by atoms with Gasteiger partial charge in [0.2, 0.25) is 0 Å². The van der Waals surface area contributed by atoms with Crippen LogP contribution in [-0.2, 0) is 11.3 Å². The van der Waals surface area contributed by atoms with Crippen molar-refractivity contribution in [3.05, 3.63) is 17.7 Å². The van der Waals surface area contributed by atoms with Gasteiger partial charge in [0.1, 0.15) is 11.9 Å². The van der Waals surface area contributed by atoms with Gasteiger partial charge in [0.15, 0.2) is 11.5 Å². The molecule has 1 saturated heterocycles. The van der Waals surface area contributed by atoms with E-state index < -0.39 is 12.0 Å². The molecule has 1 aromatic carbocycles. The number of carbonyl (C=O) groups is 1. The molecule has 106 valence electrons. The summed E-state index contributed by atoms with van der Waals surface area (Å²) in [6, 6.07) is 3.23. The molecule has 3 rings (SSSR count). The monoisotopic (exact) mass is 276 g/mol. The van der Waals surface area contributed by atoms with Crippen LogP contribution in [0.15, 0.2) is 17.1 Å². The van der Waals surface area contributed by atoms with Crippen LogP contribution in [0.2, 0.25) is 0 Å². The molecule has 1 fully saturated rings. The number of amidine groups is 1. The van der Waals surface area contributed by atoms with Crippen molar-refractivity contribution >= 4 is 17.5 Å². The van der Waals surface area contributed by atoms with Crippen molar-refractivity contribution in [3.8, 4) is 11.5 Å². The Bertz CT molecular complexity index is 597. The Balaban J connectivity index is 2.01. The standard InChI is InChI=1S/C14H16N2O4/c1-19-11-5-8-7-16-10(14(17)18)3-4-13(16)15-9(8)6-12(11)20-2/h5-6,10H,3-4,7H2,1-2H3,(H,17,18)/t10-/m0/s1. The van der Waals surface area contributed by atoms with Crippen molar-refractivity contribution in [1.82, 2.24) is 4.90 Å². The van der Waals surface area contributed by atoms with Gasteiger partial charge in [-0.25, -0.2) is 9.79 Å². The van der Waals surface area contributed by atoms with E-state index in [4.69, 9.17) is 9.47 Å². The number of fused-ring (bicyclic) bond motifs is 2. The zero-order valence-corrected chi connectivity index (χ0v) is 11.4. The number of hydrogen-bond acceptors (Lipinski definition) is 5. The quantitative estimate of drug-likeness (QED) is 0.911. The molecule has 6 heteroatoms. The second kappa shape index (κ2) is 4.70. The molecule has 0 radical (unpaired) electrons. The third kappa shape index (κ3) is 1.88. The Labute approximate surface area is 116 Å². The van der Waals surface area contributed by atoms with E-state index in [0.717, 1.165) is 17.1 Å². The lowest BCUT2D eigenvalue weighted by molar-refractivity contribution is -0.141. The molecule has 1 atom stereocenters. The lowest BCUT2D eigenvalue weighted by atomic mass is 10.1. The van der Waals surface area contributed by atoms with Crippen LogP contribution in [0.25, 0.3) is 0 Å². The fourth-order valence-electron chi connectivity index (χ4n) is 2.79. The third-order valence-electron chi connectivity index (χ3n) is 3.81. The Morgan fingerprint density at radius 2 is 2.05 bits per heavy atom. The molecule has 0 aliphatic carbocycles. The smallest absolute Gasteiger partial charge is 0.326 e. The van der Waals surface area contributed by atoms with Crippen molar-refractivity contribution in [2.45, 2.75) is 25.4 Å². The summed E-state index contributed by atoms with van der Waals surface area (Å²) >= 11 is 0. The zero-order chi connectivity index (χ0) is 14.3. The van der Waals surface area contributed by atoms with E-state index in [9.17, 15) is 9.90 Å². The molecule has 0 aromatic heterocycles. The molecular formula is C14H16N2O4. The van der Waals surface area contributed by atoms with Crippen molar-refractivity contribution in [3.63, 3.8) is 0 Å². The van der Waals surface area contributed by atoms with Gasteiger partial charge in [-0.3, -0.25) is 0 Å². The van der Waals surface area contributed by atoms with Gasteiger partial charge in [-0.05, 0) is 12.5 Å². The van der Waals surface area contributed by atoms with Crippen molar-refractivity contribution in [2.24, 2.45) is 4.99 Å². The average Bonchev–Trinajstić information content (AvgIpc) is 2.86. The molecule has 0 amide bonds. The molecule has 1 N–H and O–H groups in total. The Morgan fingerprint density at radius 3 is 2.70 bits per heavy atom. The fourth-order valence-corrected chi connectivity index (χ4v) is 2.79. The van der Waals surface area contributed by atoms with Gasteiger partial charge >= 0.3 is 5.97 Å². The minimum absolute atomic E-state index is 0.477. The first-order valence-electron chi connectivity index (χ1n) is 6.46. The molecule has 0 bridgehead atoms. The molecule has 6 nitrogen and oxygen atoms in total. The summed E-state index contributed by atoms with van der Waals surface area (Å²) in [7, 11) is 3.17. The first kappa shape index (κ1) is 12.8. The van der Waals surface area contributed by atoms with Gasteiger partial charge < -0.3 is 19.5 Å². The number of hydrogen-bond donors (Lipinski definition) is 1. The van der Waals surface area contributed by atoms with E-state index in [-0.39, 0.29) is 0 Å². The predicted molar refractivity (Wildman–Crippen MR) is 72.8 cm³/mol. The summed E-state index contributed by atoms with van der Waals surface area (Å²) in [6.45, 7) is 0.547. The summed E-state index contributed by atoms with van der Waals surface area (Å²) in [5, 5.41) is 9.24. The van der Waals surface area contributed by atoms with Gasteiger partial charge in [-0.1, -0.05) is 0 Å². The van der Waals surface area contributed by atoms with Crippen molar-refractivity contribution in [2.75, 3.05) is 14.2 Å². The maximum absolute atomic E-state index is 11.3. The molecule has 2 aliphatic heterocycles. The highest BCUT2D eigenvalue weighted by Gasteiger charge is 2.37. The summed E-state index contributed by atoms with van der Waals surface area (Å²) in [4.78, 5) is 17.7. The molecule has 20 heavy (non-hydrogen) atoms. The topological polar surface area (TPSA) is 71.4 Å². The zero-order valence-electron chi connectivity index (χ0n) is 11.4. The minimum Gasteiger partial charge on any atom is -0.493 e. The molecule has 0 spiro atoms. The van der Waals surface area contributed by atoms with E-state index in [1.165, 1.54) is 0 Å². The maximum Gasteiger partial charge on any atom is 0.326 e. The summed E-state index contributed by atoms with van der Waals surface area (Å²) < 4.78 is 10.6. The predicted octanol–water partition coefficient (Wildman–Crippen LogP) is 1.80. The Hall–Kier alpha value is -2.24. The lowest BCUT2D eigenvalue weighted by Crippen LogP contribution is -2.39. The van der Waals surface area contributed by atoms with Crippen LogP contribution < -0.4 is 9.47 Å². The highest BCUT2D eigenvalue weighted by Crippen LogP contribution is 2.39. The van der Waals surface area contributed by atoms with Gasteiger partial charge in [0.05, 0.1) is 19.9 Å². The summed E-state index contributed by atoms with van der Waals surface area (Å²) in [6.07, 6.45) is 1.31. The van der Waals surface area contributed by atoms with Crippen molar-refractivity contribution < 1.29 is 19.4 Å². The van der Waals surface area contributed by atoms with E-state index in [1.807, 2.05) is 17.0 Å². The van der Waals surface area contributed by atoms with Crippen molar-refractivity contribution in [1.29, 1.82) is 0 Å². The third-order valence-corrected chi connectivity index (χ3v) is 3.81. The minimum atomic E-state index is -0.792. The number of carboxylic acids is 1. The van der Waals surface area contributed by atoms with Crippen LogP contribution in [0.1, 0.15) is 18.4 Å². The second-order valence-electron chi connectivity index (χ2n) is 4.88. The molecule has 1 aromatic rings. The van der Waals surface area contributed by atoms with Crippen LogP contribution >= 0.6 is 0 Å². The SMILES string of the molecule is COc1cc2c(cc1OC)N=C1CC[C@@H](C(=O)O)N1C2. The van der Waals surface area contributed by atoms with E-state index in [2.05, 4.69) is 4.99 Å². The van der Waals surface area contributed by atoms with Gasteiger partial charge in [-0.2, -0.15) is 0 Å². The number of carboxylic acid groups (broad SMARTS) is 1. The Kier molecular flexibility index (Phi) is 3.00. The largest absolute Gasteiger partial charge is 0.493 e. The number of aliphatic carboxylic acids is 1. The first-order chi connectivity index (χ1) is 9.63. The van der Waals surface area contributed by atoms with E-state index >= 15 is 0 Å². The average molecular weight is 276 g/mol. The number of benzene rings is 1. The molecular weight excluding hydrogens is 260 g/mol. The molecule has 0 unspecified atom stereocenters. The molecule has 0 saturated carbocycles. The number of aliphatic imine (C=N–C) groups is 1. The molecule has 2 heterocycles. The van der Waals surface area contributed by atoms with Crippen LogP contribution in [0.5, 0.6) is 11.5 Å². The first-order valence-corrected chi connectivity index (χ1v) is 6.46. The van der Waals surface area contributed by atoms with E-state index in [0.29, 0.717) is 30.9 Å². The second-order valence-corrected chi connectivity index (χ2v) is 4.88. The van der Waals surface area contributed by atoms with Crippen LogP contribution in [0, 0.1) is 0 Å². The maximum atomic E-state index is 11.3. The van der Waals surface area contributed by atoms with Crippen LogP contribution in [-0.4, -0.2) is 42.1 Å². The summed E-state index contributed by atoms with van der Waals surface area (Å²) in [5.74, 6) is 1.32. The van der Waals surface area contributed by atoms with Crippen LogP contribution in [0.3, 0.4) is 0 Å². The highest BCUT2D eigenvalue weighted by molar-refractivity contribution is 5.94. The summed E-state index contributed by atoms with van der Waals surface area (Å²) in [5.41, 5.74) is 1.79. The van der Waals surface area contributed by atoms with Gasteiger partial charge in [-0.15, -0.1) is 0 Å². The molecule has 2 aliphatic rings. The highest BCUT2D eigenvalue weighted by atomic mass is 16.5. The number of ether oxygens (including phenoxy) is 2. The van der Waals surface area contributed by atoms with E-state index in [1.54, 1.807) is 14.2 Å². The fraction of sp³-hybridized carbons (Fsp3) is 0.429. The van der Waals surface area contributed by atoms with Crippen LogP contribution in [0.4, 0.5) is 5.69 Å². The number of rotatable bonds is 3. The van der Waals surface area contributed by atoms with Gasteiger partial charge in [0, 0.05) is 24.6 Å². The number of methoxy groups -OCH3 is 2. The number of nitrogens with zero attached hydrogens (tertiary/aromatic N) is 2.